The van der Waals surface area contributed by atoms with Crippen molar-refractivity contribution in [2.75, 3.05) is 0 Å². The maximum Gasteiger partial charge on any atom is 0.0998 e. The topological polar surface area (TPSA) is 57.4 Å². The quantitative estimate of drug-likeness (QED) is 0.199. The summed E-state index contributed by atoms with van der Waals surface area (Å²) in [5.74, 6) is 0. The molecule has 48 heavy (non-hydrogen) atoms. The smallest absolute Gasteiger partial charge is 0.0998 e. The standard InChI is InChI=1S/C44H26N4/c45-27-29-23-24-33(30-11-9-13-32(26-30)47-42-21-8-4-17-37(42)44-31(28-46)12-10-22-43(44)47)38(25-29)36-16-3-7-20-41(36)48-39-18-5-1-14-34(39)35-15-2-6-19-40(35)48/h1-26H. The second-order valence-corrected chi connectivity index (χ2v) is 12.0. The zero-order valence-electron chi connectivity index (χ0n) is 25.8. The summed E-state index contributed by atoms with van der Waals surface area (Å²) in [6, 6.07) is 59.0. The van der Waals surface area contributed by atoms with Gasteiger partial charge in [-0.15, -0.1) is 0 Å². The van der Waals surface area contributed by atoms with Gasteiger partial charge in [0.25, 0.3) is 0 Å². The SMILES string of the molecule is N#Cc1ccc(-c2cccc(-n3c4ccccc4c4c(C#N)cccc43)c2)c(-c2ccccc2-n2c3ccccc3c3ccccc32)c1. The minimum absolute atomic E-state index is 0.605. The summed E-state index contributed by atoms with van der Waals surface area (Å²) in [7, 11) is 0. The van der Waals surface area contributed by atoms with E-state index in [-0.39, 0.29) is 0 Å². The molecule has 4 heteroatoms. The van der Waals surface area contributed by atoms with E-state index in [0.717, 1.165) is 66.5 Å². The minimum atomic E-state index is 0.605. The van der Waals surface area contributed by atoms with Gasteiger partial charge in [-0.2, -0.15) is 10.5 Å². The molecule has 0 saturated carbocycles. The summed E-state index contributed by atoms with van der Waals surface area (Å²) in [5, 5.41) is 24.4. The molecule has 0 aliphatic rings. The molecular weight excluding hydrogens is 585 g/mol. The maximum atomic E-state index is 10.0. The van der Waals surface area contributed by atoms with Crippen molar-refractivity contribution < 1.29 is 0 Å². The first-order chi connectivity index (χ1) is 23.7. The van der Waals surface area contributed by atoms with Gasteiger partial charge < -0.3 is 9.13 Å². The predicted molar refractivity (Wildman–Crippen MR) is 195 cm³/mol. The van der Waals surface area contributed by atoms with Crippen LogP contribution in [0.3, 0.4) is 0 Å². The van der Waals surface area contributed by atoms with Crippen molar-refractivity contribution in [2.45, 2.75) is 0 Å². The van der Waals surface area contributed by atoms with Crippen molar-refractivity contribution in [3.8, 4) is 45.8 Å². The molecule has 9 rings (SSSR count). The van der Waals surface area contributed by atoms with E-state index in [1.807, 2.05) is 36.4 Å². The average molecular weight is 611 g/mol. The van der Waals surface area contributed by atoms with Crippen LogP contribution in [-0.2, 0) is 0 Å². The highest BCUT2D eigenvalue weighted by atomic mass is 15.0. The van der Waals surface area contributed by atoms with Crippen LogP contribution in [0.5, 0.6) is 0 Å². The number of aromatic nitrogens is 2. The van der Waals surface area contributed by atoms with E-state index in [0.29, 0.717) is 11.1 Å². The fraction of sp³-hybridized carbons (Fsp3) is 0. The van der Waals surface area contributed by atoms with Crippen LogP contribution in [0, 0.1) is 22.7 Å². The van der Waals surface area contributed by atoms with Gasteiger partial charge in [-0.1, -0.05) is 97.1 Å². The molecule has 0 aliphatic heterocycles. The molecule has 0 fully saturated rings. The number of hydrogen-bond donors (Lipinski definition) is 0. The van der Waals surface area contributed by atoms with Crippen LogP contribution in [0.25, 0.3) is 77.2 Å². The third-order valence-electron chi connectivity index (χ3n) is 9.40. The normalized spacial score (nSPS) is 11.3. The molecule has 0 atom stereocenters. The van der Waals surface area contributed by atoms with E-state index in [9.17, 15) is 10.5 Å². The first-order valence-electron chi connectivity index (χ1n) is 15.9. The molecule has 0 amide bonds. The van der Waals surface area contributed by atoms with Crippen LogP contribution in [0.1, 0.15) is 11.1 Å². The van der Waals surface area contributed by atoms with Crippen LogP contribution < -0.4 is 0 Å². The van der Waals surface area contributed by atoms with Gasteiger partial charge in [-0.05, 0) is 77.4 Å². The molecule has 4 nitrogen and oxygen atoms in total. The molecule has 222 valence electrons. The van der Waals surface area contributed by atoms with Gasteiger partial charge >= 0.3 is 0 Å². The van der Waals surface area contributed by atoms with Gasteiger partial charge in [0, 0.05) is 32.8 Å². The summed E-state index contributed by atoms with van der Waals surface area (Å²) < 4.78 is 4.58. The van der Waals surface area contributed by atoms with Crippen LogP contribution in [0.15, 0.2) is 158 Å². The second-order valence-electron chi connectivity index (χ2n) is 12.0. The predicted octanol–water partition coefficient (Wildman–Crippen LogP) is 11.0. The fourth-order valence-corrected chi connectivity index (χ4v) is 7.37. The molecule has 9 aromatic rings. The Morgan fingerprint density at radius 1 is 0.417 bits per heavy atom. The van der Waals surface area contributed by atoms with Crippen molar-refractivity contribution in [3.05, 3.63) is 169 Å². The van der Waals surface area contributed by atoms with Gasteiger partial charge in [-0.3, -0.25) is 0 Å². The number of nitriles is 2. The van der Waals surface area contributed by atoms with Gasteiger partial charge in [0.05, 0.1) is 51.0 Å². The number of nitrogens with zero attached hydrogens (tertiary/aromatic N) is 4. The molecule has 0 spiro atoms. The highest BCUT2D eigenvalue weighted by Gasteiger charge is 2.19. The fourth-order valence-electron chi connectivity index (χ4n) is 7.37. The van der Waals surface area contributed by atoms with Crippen molar-refractivity contribution in [1.82, 2.24) is 9.13 Å². The Morgan fingerprint density at radius 2 is 1.04 bits per heavy atom. The van der Waals surface area contributed by atoms with Crippen molar-refractivity contribution in [3.63, 3.8) is 0 Å². The number of para-hydroxylation sites is 4. The number of rotatable bonds is 4. The number of fused-ring (bicyclic) bond motifs is 6. The molecule has 7 aromatic carbocycles. The third kappa shape index (κ3) is 4.07. The highest BCUT2D eigenvalue weighted by Crippen LogP contribution is 2.41. The van der Waals surface area contributed by atoms with E-state index in [4.69, 9.17) is 0 Å². The van der Waals surface area contributed by atoms with E-state index in [1.165, 1.54) is 10.8 Å². The van der Waals surface area contributed by atoms with Gasteiger partial charge in [0.1, 0.15) is 0 Å². The Bertz CT molecular complexity index is 2760. The Hall–Kier alpha value is -6.88. The maximum absolute atomic E-state index is 10.0. The average Bonchev–Trinajstić information content (AvgIpc) is 3.68. The molecule has 0 radical (unpaired) electrons. The Labute approximate surface area is 277 Å². The number of benzene rings is 7. The van der Waals surface area contributed by atoms with E-state index in [2.05, 4.69) is 143 Å². The van der Waals surface area contributed by atoms with E-state index in [1.54, 1.807) is 0 Å². The molecule has 0 N–H and O–H groups in total. The lowest BCUT2D eigenvalue weighted by Crippen LogP contribution is -1.99. The zero-order valence-corrected chi connectivity index (χ0v) is 25.8. The summed E-state index contributed by atoms with van der Waals surface area (Å²) in [6.07, 6.45) is 0. The van der Waals surface area contributed by atoms with E-state index >= 15 is 0 Å². The van der Waals surface area contributed by atoms with E-state index < -0.39 is 0 Å². The molecule has 0 unspecified atom stereocenters. The van der Waals surface area contributed by atoms with Crippen LogP contribution >= 0.6 is 0 Å². The first kappa shape index (κ1) is 27.4. The molecule has 2 heterocycles. The Balaban J connectivity index is 1.29. The molecular formula is C44H26N4. The number of hydrogen-bond acceptors (Lipinski definition) is 2. The van der Waals surface area contributed by atoms with Crippen LogP contribution in [-0.4, -0.2) is 9.13 Å². The first-order valence-corrected chi connectivity index (χ1v) is 15.9. The molecule has 2 aromatic heterocycles. The van der Waals surface area contributed by atoms with Crippen molar-refractivity contribution >= 4 is 43.6 Å². The molecule has 0 aliphatic carbocycles. The summed E-state index contributed by atoms with van der Waals surface area (Å²) in [5.41, 5.74) is 11.7. The minimum Gasteiger partial charge on any atom is -0.309 e. The Morgan fingerprint density at radius 3 is 1.77 bits per heavy atom. The zero-order chi connectivity index (χ0) is 32.2. The lowest BCUT2D eigenvalue weighted by Gasteiger charge is -2.18. The second kappa shape index (κ2) is 10.9. The monoisotopic (exact) mass is 610 g/mol. The Kier molecular flexibility index (Phi) is 6.22. The van der Waals surface area contributed by atoms with Gasteiger partial charge in [-0.25, -0.2) is 0 Å². The lowest BCUT2D eigenvalue weighted by atomic mass is 9.91. The van der Waals surface area contributed by atoms with Gasteiger partial charge in [0.15, 0.2) is 0 Å². The summed E-state index contributed by atoms with van der Waals surface area (Å²) >= 11 is 0. The molecule has 0 saturated heterocycles. The van der Waals surface area contributed by atoms with Crippen LogP contribution in [0.4, 0.5) is 0 Å². The lowest BCUT2D eigenvalue weighted by molar-refractivity contribution is 1.18. The van der Waals surface area contributed by atoms with Crippen molar-refractivity contribution in [2.24, 2.45) is 0 Å². The molecule has 0 bridgehead atoms. The third-order valence-corrected chi connectivity index (χ3v) is 9.40. The van der Waals surface area contributed by atoms with Gasteiger partial charge in [0.2, 0.25) is 0 Å². The van der Waals surface area contributed by atoms with Crippen LogP contribution in [0.2, 0.25) is 0 Å². The highest BCUT2D eigenvalue weighted by molar-refractivity contribution is 6.12. The van der Waals surface area contributed by atoms with Crippen molar-refractivity contribution in [1.29, 1.82) is 10.5 Å². The summed E-state index contributed by atoms with van der Waals surface area (Å²) in [6.45, 7) is 0. The summed E-state index contributed by atoms with van der Waals surface area (Å²) in [4.78, 5) is 0. The largest absolute Gasteiger partial charge is 0.309 e.